The monoisotopic (exact) mass is 243 g/mol. The Morgan fingerprint density at radius 3 is 2.28 bits per heavy atom. The van der Waals surface area contributed by atoms with Gasteiger partial charge >= 0.3 is 0 Å². The second-order valence-electron chi connectivity index (χ2n) is 5.62. The van der Waals surface area contributed by atoms with Crippen molar-refractivity contribution in [2.75, 3.05) is 7.05 Å². The summed E-state index contributed by atoms with van der Waals surface area (Å²) >= 11 is 0. The molecular formula is C16H21NO. The van der Waals surface area contributed by atoms with Crippen LogP contribution in [0.5, 0.6) is 0 Å². The maximum Gasteiger partial charge on any atom is 0.125 e. The van der Waals surface area contributed by atoms with Gasteiger partial charge in [0, 0.05) is 5.56 Å². The zero-order valence-corrected chi connectivity index (χ0v) is 11.6. The summed E-state index contributed by atoms with van der Waals surface area (Å²) in [7, 11) is 1.93. The maximum absolute atomic E-state index is 5.49. The van der Waals surface area contributed by atoms with Crippen LogP contribution in [0.1, 0.15) is 32.1 Å². The third-order valence-electron chi connectivity index (χ3n) is 3.14. The van der Waals surface area contributed by atoms with Crippen molar-refractivity contribution in [3.05, 3.63) is 47.9 Å². The van der Waals surface area contributed by atoms with Crippen LogP contribution in [0.15, 0.2) is 41.0 Å². The molecule has 0 saturated carbocycles. The van der Waals surface area contributed by atoms with Crippen molar-refractivity contribution in [1.29, 1.82) is 0 Å². The van der Waals surface area contributed by atoms with Crippen LogP contribution in [-0.2, 0) is 12.0 Å². The van der Waals surface area contributed by atoms with Crippen LogP contribution in [0, 0.1) is 0 Å². The van der Waals surface area contributed by atoms with Crippen molar-refractivity contribution in [3.8, 4) is 11.1 Å². The van der Waals surface area contributed by atoms with E-state index in [1.54, 1.807) is 6.26 Å². The molecule has 0 aliphatic rings. The minimum absolute atomic E-state index is 0.197. The molecule has 2 aromatic rings. The summed E-state index contributed by atoms with van der Waals surface area (Å²) < 4.78 is 5.49. The van der Waals surface area contributed by atoms with Crippen LogP contribution in [-0.4, -0.2) is 7.05 Å². The van der Waals surface area contributed by atoms with Crippen LogP contribution in [0.3, 0.4) is 0 Å². The molecule has 1 aromatic carbocycles. The lowest BCUT2D eigenvalue weighted by Gasteiger charge is -2.19. The Morgan fingerprint density at radius 1 is 1.06 bits per heavy atom. The second kappa shape index (κ2) is 4.99. The average Bonchev–Trinajstić information content (AvgIpc) is 2.77. The number of hydrogen-bond acceptors (Lipinski definition) is 2. The number of nitrogens with one attached hydrogen (secondary N) is 1. The molecule has 0 radical (unpaired) electrons. The van der Waals surface area contributed by atoms with Gasteiger partial charge in [-0.25, -0.2) is 0 Å². The third kappa shape index (κ3) is 2.65. The van der Waals surface area contributed by atoms with Gasteiger partial charge in [0.1, 0.15) is 5.76 Å². The molecule has 0 bridgehead atoms. The first-order chi connectivity index (χ1) is 8.52. The van der Waals surface area contributed by atoms with Crippen molar-refractivity contribution < 1.29 is 4.42 Å². The lowest BCUT2D eigenvalue weighted by atomic mass is 9.86. The molecule has 2 nitrogen and oxygen atoms in total. The van der Waals surface area contributed by atoms with Gasteiger partial charge in [-0.2, -0.15) is 0 Å². The van der Waals surface area contributed by atoms with Crippen molar-refractivity contribution in [2.24, 2.45) is 0 Å². The molecule has 0 unspecified atom stereocenters. The summed E-state index contributed by atoms with van der Waals surface area (Å²) in [5.74, 6) is 0.987. The van der Waals surface area contributed by atoms with Crippen LogP contribution < -0.4 is 5.32 Å². The maximum atomic E-state index is 5.49. The predicted octanol–water partition coefficient (Wildman–Crippen LogP) is 3.96. The molecule has 0 amide bonds. The molecule has 0 atom stereocenters. The van der Waals surface area contributed by atoms with Crippen LogP contribution in [0.25, 0.3) is 11.1 Å². The highest BCUT2D eigenvalue weighted by Crippen LogP contribution is 2.28. The van der Waals surface area contributed by atoms with Crippen molar-refractivity contribution in [3.63, 3.8) is 0 Å². The fraction of sp³-hybridized carbons (Fsp3) is 0.375. The Morgan fingerprint density at radius 2 is 1.72 bits per heavy atom. The molecule has 1 heterocycles. The van der Waals surface area contributed by atoms with Crippen LogP contribution >= 0.6 is 0 Å². The standard InChI is InChI=1S/C16H21NO/c1-16(2,3)13-7-5-12(6-8-13)14-9-10-18-15(14)11-17-4/h5-10,17H,11H2,1-4H3. The Kier molecular flexibility index (Phi) is 3.58. The van der Waals surface area contributed by atoms with E-state index in [-0.39, 0.29) is 5.41 Å². The minimum Gasteiger partial charge on any atom is -0.467 e. The van der Waals surface area contributed by atoms with Crippen molar-refractivity contribution >= 4 is 0 Å². The number of furan rings is 1. The lowest BCUT2D eigenvalue weighted by Crippen LogP contribution is -2.10. The van der Waals surface area contributed by atoms with Gasteiger partial charge in [-0.1, -0.05) is 45.0 Å². The SMILES string of the molecule is CNCc1occc1-c1ccc(C(C)(C)C)cc1. The van der Waals surface area contributed by atoms with E-state index in [9.17, 15) is 0 Å². The molecule has 18 heavy (non-hydrogen) atoms. The Bertz CT molecular complexity index is 503. The zero-order chi connectivity index (χ0) is 13.2. The van der Waals surface area contributed by atoms with E-state index in [1.165, 1.54) is 16.7 Å². The summed E-state index contributed by atoms with van der Waals surface area (Å²) in [6.45, 7) is 7.44. The van der Waals surface area contributed by atoms with Crippen LogP contribution in [0.2, 0.25) is 0 Å². The third-order valence-corrected chi connectivity index (χ3v) is 3.14. The zero-order valence-electron chi connectivity index (χ0n) is 11.6. The van der Waals surface area contributed by atoms with Crippen molar-refractivity contribution in [1.82, 2.24) is 5.32 Å². The topological polar surface area (TPSA) is 25.2 Å². The molecule has 0 spiro atoms. The molecule has 2 heteroatoms. The Hall–Kier alpha value is -1.54. The summed E-state index contributed by atoms with van der Waals surface area (Å²) in [6, 6.07) is 10.8. The van der Waals surface area contributed by atoms with E-state index < -0.39 is 0 Å². The molecule has 96 valence electrons. The summed E-state index contributed by atoms with van der Waals surface area (Å²) in [5.41, 5.74) is 3.93. The summed E-state index contributed by atoms with van der Waals surface area (Å²) in [6.07, 6.45) is 1.75. The predicted molar refractivity (Wildman–Crippen MR) is 75.6 cm³/mol. The Balaban J connectivity index is 2.32. The number of rotatable bonds is 3. The van der Waals surface area contributed by atoms with Gasteiger partial charge in [0.05, 0.1) is 12.8 Å². The minimum atomic E-state index is 0.197. The molecule has 0 fully saturated rings. The molecule has 0 aliphatic carbocycles. The van der Waals surface area contributed by atoms with E-state index in [0.717, 1.165) is 12.3 Å². The number of benzene rings is 1. The van der Waals surface area contributed by atoms with Crippen LogP contribution in [0.4, 0.5) is 0 Å². The van der Waals surface area contributed by atoms with Gasteiger partial charge in [-0.15, -0.1) is 0 Å². The van der Waals surface area contributed by atoms with E-state index in [1.807, 2.05) is 13.1 Å². The molecule has 0 aliphatic heterocycles. The first-order valence-electron chi connectivity index (χ1n) is 6.34. The van der Waals surface area contributed by atoms with E-state index in [4.69, 9.17) is 4.42 Å². The highest BCUT2D eigenvalue weighted by atomic mass is 16.3. The highest BCUT2D eigenvalue weighted by Gasteiger charge is 2.14. The van der Waals surface area contributed by atoms with Gasteiger partial charge in [0.2, 0.25) is 0 Å². The van der Waals surface area contributed by atoms with Crippen molar-refractivity contribution in [2.45, 2.75) is 32.7 Å². The fourth-order valence-electron chi connectivity index (χ4n) is 2.05. The average molecular weight is 243 g/mol. The quantitative estimate of drug-likeness (QED) is 0.882. The molecule has 1 N–H and O–H groups in total. The van der Waals surface area contributed by atoms with E-state index >= 15 is 0 Å². The largest absolute Gasteiger partial charge is 0.467 e. The second-order valence-corrected chi connectivity index (χ2v) is 5.62. The smallest absolute Gasteiger partial charge is 0.125 e. The first-order valence-corrected chi connectivity index (χ1v) is 6.34. The molecular weight excluding hydrogens is 222 g/mol. The summed E-state index contributed by atoms with van der Waals surface area (Å²) in [5, 5.41) is 3.12. The molecule has 0 saturated heterocycles. The molecule has 2 rings (SSSR count). The Labute approximate surface area is 109 Å². The van der Waals surface area contributed by atoms with Gasteiger partial charge in [0.25, 0.3) is 0 Å². The highest BCUT2D eigenvalue weighted by molar-refractivity contribution is 5.65. The van der Waals surface area contributed by atoms with E-state index in [0.29, 0.717) is 0 Å². The van der Waals surface area contributed by atoms with Gasteiger partial charge < -0.3 is 9.73 Å². The normalized spacial score (nSPS) is 11.8. The first kappa shape index (κ1) is 12.9. The fourth-order valence-corrected chi connectivity index (χ4v) is 2.05. The number of hydrogen-bond donors (Lipinski definition) is 1. The lowest BCUT2D eigenvalue weighted by molar-refractivity contribution is 0.497. The summed E-state index contributed by atoms with van der Waals surface area (Å²) in [4.78, 5) is 0. The van der Waals surface area contributed by atoms with Gasteiger partial charge in [-0.3, -0.25) is 0 Å². The van der Waals surface area contributed by atoms with Gasteiger partial charge in [-0.05, 0) is 29.7 Å². The van der Waals surface area contributed by atoms with E-state index in [2.05, 4.69) is 50.4 Å². The molecule has 1 aromatic heterocycles. The van der Waals surface area contributed by atoms with Gasteiger partial charge in [0.15, 0.2) is 0 Å².